The van der Waals surface area contributed by atoms with Gasteiger partial charge in [0.1, 0.15) is 5.75 Å². The summed E-state index contributed by atoms with van der Waals surface area (Å²) in [5.41, 5.74) is 1.44. The highest BCUT2D eigenvalue weighted by molar-refractivity contribution is 7.12. The molecular formula is C12H11ClN2O2S. The third kappa shape index (κ3) is 2.80. The predicted molar refractivity (Wildman–Crippen MR) is 72.8 cm³/mol. The number of carbonyl (C=O) groups is 1. The number of rotatable bonds is 3. The second-order valence-corrected chi connectivity index (χ2v) is 4.93. The van der Waals surface area contributed by atoms with Crippen LogP contribution in [0.15, 0.2) is 23.7 Å². The topological polar surface area (TPSA) is 51.2 Å². The molecule has 0 atom stereocenters. The highest BCUT2D eigenvalue weighted by atomic mass is 35.5. The minimum Gasteiger partial charge on any atom is -0.496 e. The van der Waals surface area contributed by atoms with Gasteiger partial charge in [0.05, 0.1) is 17.7 Å². The molecule has 0 unspecified atom stereocenters. The van der Waals surface area contributed by atoms with Crippen molar-refractivity contribution in [3.63, 3.8) is 0 Å². The second-order valence-electron chi connectivity index (χ2n) is 3.66. The summed E-state index contributed by atoms with van der Waals surface area (Å²) in [5, 5.41) is 4.77. The molecule has 0 radical (unpaired) electrons. The van der Waals surface area contributed by atoms with Gasteiger partial charge in [-0.15, -0.1) is 11.3 Å². The second kappa shape index (κ2) is 5.37. The first-order valence-electron chi connectivity index (χ1n) is 5.16. The van der Waals surface area contributed by atoms with Gasteiger partial charge < -0.3 is 10.1 Å². The summed E-state index contributed by atoms with van der Waals surface area (Å²) in [4.78, 5) is 16.5. The number of nitrogens with one attached hydrogen (secondary N) is 1. The van der Waals surface area contributed by atoms with Crippen molar-refractivity contribution in [1.29, 1.82) is 0 Å². The van der Waals surface area contributed by atoms with E-state index in [1.165, 1.54) is 11.3 Å². The van der Waals surface area contributed by atoms with Gasteiger partial charge in [0.15, 0.2) is 5.15 Å². The van der Waals surface area contributed by atoms with Gasteiger partial charge in [-0.3, -0.25) is 4.79 Å². The molecule has 0 spiro atoms. The van der Waals surface area contributed by atoms with Gasteiger partial charge >= 0.3 is 0 Å². The highest BCUT2D eigenvalue weighted by Gasteiger charge is 2.12. The van der Waals surface area contributed by atoms with E-state index in [0.29, 0.717) is 16.3 Å². The van der Waals surface area contributed by atoms with Crippen LogP contribution in [0.25, 0.3) is 0 Å². The molecule has 2 heterocycles. The Morgan fingerprint density at radius 1 is 1.50 bits per heavy atom. The van der Waals surface area contributed by atoms with Crippen molar-refractivity contribution in [3.05, 3.63) is 39.3 Å². The summed E-state index contributed by atoms with van der Waals surface area (Å²) in [6.07, 6.45) is 1.64. The molecule has 2 rings (SSSR count). The van der Waals surface area contributed by atoms with Gasteiger partial charge in [-0.2, -0.15) is 0 Å². The van der Waals surface area contributed by atoms with E-state index >= 15 is 0 Å². The van der Waals surface area contributed by atoms with Crippen LogP contribution in [0.5, 0.6) is 5.75 Å². The fourth-order valence-electron chi connectivity index (χ4n) is 1.37. The maximum absolute atomic E-state index is 12.0. The Bertz CT molecular complexity index is 583. The third-order valence-corrected chi connectivity index (χ3v) is 3.47. The van der Waals surface area contributed by atoms with Crippen LogP contribution in [0.1, 0.15) is 15.2 Å². The normalized spacial score (nSPS) is 10.2. The number of methoxy groups -OCH3 is 1. The average molecular weight is 283 g/mol. The molecule has 2 aromatic rings. The Hall–Kier alpha value is -1.59. The molecule has 18 heavy (non-hydrogen) atoms. The van der Waals surface area contributed by atoms with E-state index in [1.54, 1.807) is 30.8 Å². The van der Waals surface area contributed by atoms with Crippen LogP contribution < -0.4 is 10.1 Å². The van der Waals surface area contributed by atoms with Crippen molar-refractivity contribution in [2.24, 2.45) is 0 Å². The number of anilines is 1. The summed E-state index contributed by atoms with van der Waals surface area (Å²) in [6, 6.07) is 3.45. The molecular weight excluding hydrogens is 272 g/mol. The summed E-state index contributed by atoms with van der Waals surface area (Å²) < 4.78 is 5.03. The van der Waals surface area contributed by atoms with Gasteiger partial charge in [-0.1, -0.05) is 11.6 Å². The lowest BCUT2D eigenvalue weighted by Crippen LogP contribution is -2.11. The summed E-state index contributed by atoms with van der Waals surface area (Å²) in [5.74, 6) is 0.441. The van der Waals surface area contributed by atoms with E-state index in [4.69, 9.17) is 16.3 Å². The van der Waals surface area contributed by atoms with Crippen molar-refractivity contribution in [2.45, 2.75) is 6.92 Å². The summed E-state index contributed by atoms with van der Waals surface area (Å²) in [7, 11) is 1.56. The number of thiophene rings is 1. The van der Waals surface area contributed by atoms with E-state index in [0.717, 1.165) is 5.56 Å². The minimum atomic E-state index is -0.224. The molecule has 0 fully saturated rings. The number of halogens is 1. The number of carbonyl (C=O) groups excluding carboxylic acids is 1. The molecule has 0 aliphatic carbocycles. The highest BCUT2D eigenvalue weighted by Crippen LogP contribution is 2.24. The van der Waals surface area contributed by atoms with E-state index in [-0.39, 0.29) is 11.1 Å². The van der Waals surface area contributed by atoms with Crippen LogP contribution >= 0.6 is 22.9 Å². The lowest BCUT2D eigenvalue weighted by atomic mass is 10.3. The molecule has 2 aromatic heterocycles. The molecule has 0 saturated carbocycles. The first-order chi connectivity index (χ1) is 8.60. The first-order valence-corrected chi connectivity index (χ1v) is 6.42. The van der Waals surface area contributed by atoms with Crippen molar-refractivity contribution in [1.82, 2.24) is 4.98 Å². The Morgan fingerprint density at radius 2 is 2.28 bits per heavy atom. The van der Waals surface area contributed by atoms with E-state index in [1.807, 2.05) is 6.92 Å². The first kappa shape index (κ1) is 12.9. The lowest BCUT2D eigenvalue weighted by molar-refractivity contribution is 0.103. The fourth-order valence-corrected chi connectivity index (χ4v) is 2.27. The number of nitrogens with zero attached hydrogens (tertiary/aromatic N) is 1. The SMILES string of the molecule is COc1csc(C(=O)Nc2cc(C)cnc2Cl)c1. The third-order valence-electron chi connectivity index (χ3n) is 2.26. The van der Waals surface area contributed by atoms with Crippen LogP contribution in [0, 0.1) is 6.92 Å². The number of ether oxygens (including phenoxy) is 1. The zero-order valence-corrected chi connectivity index (χ0v) is 11.4. The monoisotopic (exact) mass is 282 g/mol. The van der Waals surface area contributed by atoms with Crippen molar-refractivity contribution in [3.8, 4) is 5.75 Å². The minimum absolute atomic E-state index is 0.224. The quantitative estimate of drug-likeness (QED) is 0.878. The zero-order chi connectivity index (χ0) is 13.1. The maximum Gasteiger partial charge on any atom is 0.265 e. The average Bonchev–Trinajstić information content (AvgIpc) is 2.82. The van der Waals surface area contributed by atoms with E-state index in [2.05, 4.69) is 10.3 Å². The molecule has 6 heteroatoms. The number of aryl methyl sites for hydroxylation is 1. The lowest BCUT2D eigenvalue weighted by Gasteiger charge is -2.05. The van der Waals surface area contributed by atoms with Crippen molar-refractivity contribution < 1.29 is 9.53 Å². The Balaban J connectivity index is 2.18. The fraction of sp³-hybridized carbons (Fsp3) is 0.167. The number of aromatic nitrogens is 1. The molecule has 94 valence electrons. The Kier molecular flexibility index (Phi) is 3.84. The molecule has 0 saturated heterocycles. The molecule has 0 aliphatic heterocycles. The van der Waals surface area contributed by atoms with Gasteiger partial charge in [0.2, 0.25) is 0 Å². The van der Waals surface area contributed by atoms with Gasteiger partial charge in [-0.25, -0.2) is 4.98 Å². The van der Waals surface area contributed by atoms with E-state index in [9.17, 15) is 4.79 Å². The zero-order valence-electron chi connectivity index (χ0n) is 9.86. The van der Waals surface area contributed by atoms with Gasteiger partial charge in [0, 0.05) is 17.6 Å². The number of amides is 1. The molecule has 1 N–H and O–H groups in total. The smallest absolute Gasteiger partial charge is 0.265 e. The van der Waals surface area contributed by atoms with E-state index < -0.39 is 0 Å². The summed E-state index contributed by atoms with van der Waals surface area (Å²) in [6.45, 7) is 1.88. The van der Waals surface area contributed by atoms with Gasteiger partial charge in [-0.05, 0) is 18.6 Å². The number of hydrogen-bond donors (Lipinski definition) is 1. The Morgan fingerprint density at radius 3 is 2.94 bits per heavy atom. The van der Waals surface area contributed by atoms with Crippen LogP contribution in [0.4, 0.5) is 5.69 Å². The van der Waals surface area contributed by atoms with Crippen molar-refractivity contribution in [2.75, 3.05) is 12.4 Å². The van der Waals surface area contributed by atoms with Crippen LogP contribution in [-0.2, 0) is 0 Å². The summed E-state index contributed by atoms with van der Waals surface area (Å²) >= 11 is 7.22. The predicted octanol–water partition coefficient (Wildman–Crippen LogP) is 3.37. The van der Waals surface area contributed by atoms with Crippen LogP contribution in [0.3, 0.4) is 0 Å². The molecule has 4 nitrogen and oxygen atoms in total. The number of hydrogen-bond acceptors (Lipinski definition) is 4. The molecule has 0 aliphatic rings. The van der Waals surface area contributed by atoms with Crippen LogP contribution in [-0.4, -0.2) is 18.0 Å². The maximum atomic E-state index is 12.0. The van der Waals surface area contributed by atoms with Gasteiger partial charge in [0.25, 0.3) is 5.91 Å². The standard InChI is InChI=1S/C12H11ClN2O2S/c1-7-3-9(11(13)14-5-7)15-12(16)10-4-8(17-2)6-18-10/h3-6H,1-2H3,(H,15,16). The molecule has 0 aromatic carbocycles. The van der Waals surface area contributed by atoms with Crippen LogP contribution in [0.2, 0.25) is 5.15 Å². The molecule has 1 amide bonds. The number of pyridine rings is 1. The molecule has 0 bridgehead atoms. The van der Waals surface area contributed by atoms with Crippen molar-refractivity contribution >= 4 is 34.5 Å². The largest absolute Gasteiger partial charge is 0.496 e. The Labute approximate surface area is 114 Å².